The smallest absolute Gasteiger partial charge is 0.00587 e. The fourth-order valence-corrected chi connectivity index (χ4v) is 6.70. The van der Waals surface area contributed by atoms with Crippen LogP contribution in [-0.4, -0.2) is 0 Å². The quantitative estimate of drug-likeness (QED) is 0.205. The molecule has 0 radical (unpaired) electrons. The third kappa shape index (κ3) is 5.30. The van der Waals surface area contributed by atoms with E-state index in [0.29, 0.717) is 11.8 Å². The van der Waals surface area contributed by atoms with Gasteiger partial charge in [-0.2, -0.15) is 0 Å². The highest BCUT2D eigenvalue weighted by Gasteiger charge is 2.23. The van der Waals surface area contributed by atoms with E-state index in [1.165, 1.54) is 60.5 Å². The van der Waals surface area contributed by atoms with E-state index in [4.69, 9.17) is 0 Å². The lowest BCUT2D eigenvalue weighted by Gasteiger charge is -2.25. The molecule has 0 spiro atoms. The Balaban J connectivity index is 1.52. The minimum Gasteiger partial charge on any atom is -0.0915 e. The van der Waals surface area contributed by atoms with Gasteiger partial charge in [0.2, 0.25) is 0 Å². The number of rotatable bonds is 7. The van der Waals surface area contributed by atoms with Crippen molar-refractivity contribution in [2.24, 2.45) is 11.8 Å². The maximum atomic E-state index is 4.28. The molecule has 0 heterocycles. The van der Waals surface area contributed by atoms with E-state index in [2.05, 4.69) is 148 Å². The summed E-state index contributed by atoms with van der Waals surface area (Å²) in [6.07, 6.45) is 32.9. The van der Waals surface area contributed by atoms with Gasteiger partial charge < -0.3 is 0 Å². The average molecular weight is 545 g/mol. The van der Waals surface area contributed by atoms with Crippen LogP contribution in [0.1, 0.15) is 51.2 Å². The van der Waals surface area contributed by atoms with Crippen molar-refractivity contribution < 1.29 is 0 Å². The molecule has 0 bridgehead atoms. The minimum atomic E-state index is 0.323. The maximum absolute atomic E-state index is 4.28. The number of allylic oxidation sites excluding steroid dienone is 19. The van der Waals surface area contributed by atoms with E-state index in [-0.39, 0.29) is 0 Å². The van der Waals surface area contributed by atoms with E-state index in [0.717, 1.165) is 24.8 Å². The zero-order chi connectivity index (χ0) is 29.1. The van der Waals surface area contributed by atoms with Crippen LogP contribution in [0.25, 0.3) is 32.7 Å². The summed E-state index contributed by atoms with van der Waals surface area (Å²) in [5, 5.41) is 5.28. The standard InChI is InChI=1S/C42H40/c1-5-14-29(3)30(4)26-32(15-6-2)34-18-13-19-35(28-34)41-37-20-9-11-22-39(37)42(40-23-12-10-21-38(40)41)36-25-24-31-16-7-8-17-33(31)27-36/h5,7-17,19-23,25-28,31,34H,3,6,18,24H2,1-2,4H3/b14-5-,30-26+,32-15+. The molecule has 3 aliphatic rings. The Labute approximate surface area is 251 Å². The Bertz CT molecular complexity index is 1780. The van der Waals surface area contributed by atoms with Gasteiger partial charge in [-0.3, -0.25) is 0 Å². The van der Waals surface area contributed by atoms with Gasteiger partial charge in [-0.15, -0.1) is 0 Å². The van der Waals surface area contributed by atoms with Gasteiger partial charge in [-0.1, -0.05) is 141 Å². The highest BCUT2D eigenvalue weighted by Crippen LogP contribution is 2.44. The van der Waals surface area contributed by atoms with Gasteiger partial charge in [0.25, 0.3) is 0 Å². The van der Waals surface area contributed by atoms with Crippen molar-refractivity contribution in [3.63, 3.8) is 0 Å². The summed E-state index contributed by atoms with van der Waals surface area (Å²) in [6, 6.07) is 18.0. The Morgan fingerprint density at radius 2 is 1.55 bits per heavy atom. The molecule has 0 aliphatic heterocycles. The van der Waals surface area contributed by atoms with Crippen LogP contribution >= 0.6 is 0 Å². The molecule has 0 N–H and O–H groups in total. The summed E-state index contributed by atoms with van der Waals surface area (Å²) < 4.78 is 0. The number of benzene rings is 3. The van der Waals surface area contributed by atoms with Crippen LogP contribution in [0, 0.1) is 11.8 Å². The van der Waals surface area contributed by atoms with Crippen molar-refractivity contribution in [1.82, 2.24) is 0 Å². The lowest BCUT2D eigenvalue weighted by molar-refractivity contribution is 0.783. The fraction of sp³-hybridized carbons (Fsp3) is 0.190. The molecule has 42 heavy (non-hydrogen) atoms. The first-order chi connectivity index (χ1) is 20.6. The highest BCUT2D eigenvalue weighted by atomic mass is 14.3. The second-order valence-corrected chi connectivity index (χ2v) is 11.6. The van der Waals surface area contributed by atoms with Gasteiger partial charge in [0.1, 0.15) is 0 Å². The van der Waals surface area contributed by atoms with Crippen LogP contribution in [0.2, 0.25) is 0 Å². The summed E-state index contributed by atoms with van der Waals surface area (Å²) in [7, 11) is 0. The predicted octanol–water partition coefficient (Wildman–Crippen LogP) is 11.8. The molecule has 3 aliphatic carbocycles. The van der Waals surface area contributed by atoms with Gasteiger partial charge in [0, 0.05) is 11.8 Å². The molecule has 3 aromatic carbocycles. The van der Waals surface area contributed by atoms with E-state index >= 15 is 0 Å². The number of hydrogen-bond donors (Lipinski definition) is 0. The van der Waals surface area contributed by atoms with Crippen molar-refractivity contribution in [2.45, 2.75) is 40.0 Å². The SMILES string of the molecule is C=C(/C=C\C)/C(C)=C/C(=C\CC)C1C=C(c2c3ccccc3c(C3=CCC4C=CC=CC4=C3)c3ccccc23)C=CC1. The largest absolute Gasteiger partial charge is 0.0915 e. The molecular formula is C42H40. The van der Waals surface area contributed by atoms with E-state index in [1.807, 2.05) is 6.92 Å². The third-order valence-corrected chi connectivity index (χ3v) is 8.79. The molecule has 208 valence electrons. The molecule has 2 unspecified atom stereocenters. The molecule has 2 atom stereocenters. The summed E-state index contributed by atoms with van der Waals surface area (Å²) in [6.45, 7) is 10.7. The van der Waals surface area contributed by atoms with Crippen molar-refractivity contribution in [1.29, 1.82) is 0 Å². The molecular weight excluding hydrogens is 504 g/mol. The normalized spacial score (nSPS) is 20.6. The van der Waals surface area contributed by atoms with E-state index in [1.54, 1.807) is 0 Å². The van der Waals surface area contributed by atoms with Crippen LogP contribution in [0.5, 0.6) is 0 Å². The van der Waals surface area contributed by atoms with Crippen LogP contribution in [0.15, 0.2) is 156 Å². The minimum absolute atomic E-state index is 0.323. The van der Waals surface area contributed by atoms with Gasteiger partial charge in [0.15, 0.2) is 0 Å². The molecule has 0 heteroatoms. The zero-order valence-electron chi connectivity index (χ0n) is 25.1. The average Bonchev–Trinajstić information content (AvgIpc) is 3.03. The maximum Gasteiger partial charge on any atom is 0.00587 e. The first-order valence-electron chi connectivity index (χ1n) is 15.4. The van der Waals surface area contributed by atoms with Gasteiger partial charge in [-0.25, -0.2) is 0 Å². The topological polar surface area (TPSA) is 0 Å². The lowest BCUT2D eigenvalue weighted by Crippen LogP contribution is -2.07. The second-order valence-electron chi connectivity index (χ2n) is 11.6. The Kier molecular flexibility index (Phi) is 8.06. The molecule has 0 aromatic heterocycles. The third-order valence-electron chi connectivity index (χ3n) is 8.79. The van der Waals surface area contributed by atoms with Crippen LogP contribution in [-0.2, 0) is 0 Å². The second kappa shape index (κ2) is 12.2. The van der Waals surface area contributed by atoms with Crippen molar-refractivity contribution >= 4 is 32.7 Å². The molecule has 0 fully saturated rings. The molecule has 0 saturated carbocycles. The van der Waals surface area contributed by atoms with E-state index < -0.39 is 0 Å². The van der Waals surface area contributed by atoms with Crippen LogP contribution < -0.4 is 0 Å². The molecule has 3 aromatic rings. The van der Waals surface area contributed by atoms with Crippen LogP contribution in [0.3, 0.4) is 0 Å². The lowest BCUT2D eigenvalue weighted by atomic mass is 9.79. The molecule has 0 nitrogen and oxygen atoms in total. The first kappa shape index (κ1) is 27.7. The van der Waals surface area contributed by atoms with E-state index in [9.17, 15) is 0 Å². The summed E-state index contributed by atoms with van der Waals surface area (Å²) in [5.74, 6) is 0.813. The Hall–Kier alpha value is -4.42. The fourth-order valence-electron chi connectivity index (χ4n) is 6.70. The molecule has 0 saturated heterocycles. The monoisotopic (exact) mass is 544 g/mol. The summed E-state index contributed by atoms with van der Waals surface area (Å²) in [4.78, 5) is 0. The first-order valence-corrected chi connectivity index (χ1v) is 15.4. The Morgan fingerprint density at radius 1 is 0.881 bits per heavy atom. The van der Waals surface area contributed by atoms with Crippen molar-refractivity contribution in [3.8, 4) is 0 Å². The molecule has 6 rings (SSSR count). The predicted molar refractivity (Wildman–Crippen MR) is 185 cm³/mol. The zero-order valence-corrected chi connectivity index (χ0v) is 25.1. The van der Waals surface area contributed by atoms with Crippen LogP contribution in [0.4, 0.5) is 0 Å². The molecule has 0 amide bonds. The number of fused-ring (bicyclic) bond motifs is 3. The number of hydrogen-bond acceptors (Lipinski definition) is 0. The van der Waals surface area contributed by atoms with Gasteiger partial charge in [0.05, 0.1) is 0 Å². The highest BCUT2D eigenvalue weighted by molar-refractivity contribution is 6.17. The summed E-state index contributed by atoms with van der Waals surface area (Å²) >= 11 is 0. The van der Waals surface area contributed by atoms with Gasteiger partial charge >= 0.3 is 0 Å². The summed E-state index contributed by atoms with van der Waals surface area (Å²) in [5.41, 5.74) is 10.4. The Morgan fingerprint density at radius 3 is 2.19 bits per heavy atom. The van der Waals surface area contributed by atoms with Gasteiger partial charge in [-0.05, 0) is 99.2 Å². The van der Waals surface area contributed by atoms with Crippen molar-refractivity contribution in [3.05, 3.63) is 168 Å². The van der Waals surface area contributed by atoms with Crippen molar-refractivity contribution in [2.75, 3.05) is 0 Å².